The van der Waals surface area contributed by atoms with Crippen LogP contribution in [0.1, 0.15) is 0 Å². The molecule has 0 bridgehead atoms. The van der Waals surface area contributed by atoms with Crippen molar-refractivity contribution in [3.05, 3.63) is 112 Å². The summed E-state index contributed by atoms with van der Waals surface area (Å²) < 4.78 is 0. The first-order chi connectivity index (χ1) is 12.4. The Bertz CT molecular complexity index is 583. The van der Waals surface area contributed by atoms with Crippen LogP contribution in [-0.2, 0) is 13.9 Å². The van der Waals surface area contributed by atoms with E-state index < -0.39 is 7.92 Å². The molecule has 130 valence electrons. The monoisotopic (exact) mass is 461 g/mol. The van der Waals surface area contributed by atoms with Gasteiger partial charge in [0.2, 0.25) is 0 Å². The first kappa shape index (κ1) is 23.3. The molecule has 0 fully saturated rings. The Morgan fingerprint density at radius 3 is 0.920 bits per heavy atom. The second-order valence-corrected chi connectivity index (χ2v) is 6.96. The molecule has 0 N–H and O–H groups in total. The summed E-state index contributed by atoms with van der Waals surface area (Å²) in [5.41, 5.74) is 11.5. The fourth-order valence-electron chi connectivity index (χ4n) is 2.31. The van der Waals surface area contributed by atoms with Crippen LogP contribution in [0.2, 0.25) is 0 Å². The van der Waals surface area contributed by atoms with E-state index in [1.807, 2.05) is 0 Å². The van der Waals surface area contributed by atoms with Gasteiger partial charge in [-0.3, -0.25) is 0 Å². The molecule has 0 aliphatic carbocycles. The van der Waals surface area contributed by atoms with Crippen LogP contribution in [0.3, 0.4) is 0 Å². The fraction of sp³-hybridized carbons (Fsp3) is 0. The van der Waals surface area contributed by atoms with Crippen molar-refractivity contribution in [2.75, 3.05) is 0 Å². The Morgan fingerprint density at radius 1 is 0.520 bits per heavy atom. The number of halogens is 1. The van der Waals surface area contributed by atoms with Crippen molar-refractivity contribution in [1.82, 2.24) is 0 Å². The van der Waals surface area contributed by atoms with Crippen LogP contribution in [0, 0.1) is 9.81 Å². The second kappa shape index (κ2) is 15.8. The van der Waals surface area contributed by atoms with Gasteiger partial charge in [0.15, 0.2) is 0 Å². The topological polar surface area (TPSA) is 78.7 Å². The van der Waals surface area contributed by atoms with Gasteiger partial charge in [0, 0.05) is 0 Å². The van der Waals surface area contributed by atoms with Crippen molar-refractivity contribution < 1.29 is 13.9 Å². The third-order valence-corrected chi connectivity index (χ3v) is 5.92. The van der Waals surface area contributed by atoms with Gasteiger partial charge in [-0.15, -0.1) is 0 Å². The Hall–Kier alpha value is -1.72. The molecule has 0 aromatic heterocycles. The van der Waals surface area contributed by atoms with E-state index in [2.05, 4.69) is 119 Å². The molecule has 0 radical (unpaired) electrons. The summed E-state index contributed by atoms with van der Waals surface area (Å²) in [6, 6.07) is 32.5. The largest absolute Gasteiger partial charge is 0.577 e. The van der Waals surface area contributed by atoms with E-state index in [1.165, 1.54) is 15.9 Å². The molecule has 0 heterocycles. The van der Waals surface area contributed by atoms with Crippen molar-refractivity contribution in [3.63, 3.8) is 0 Å². The summed E-state index contributed by atoms with van der Waals surface area (Å²) in [5, 5.41) is 4.31. The van der Waals surface area contributed by atoms with Crippen LogP contribution in [-0.4, -0.2) is 0 Å². The van der Waals surface area contributed by atoms with Gasteiger partial charge < -0.3 is 21.0 Å². The predicted molar refractivity (Wildman–Crippen MR) is 109 cm³/mol. The summed E-state index contributed by atoms with van der Waals surface area (Å²) in [4.78, 5) is 14.5. The molecule has 0 saturated carbocycles. The molecule has 3 rings (SSSR count). The number of nitroso groups, excluding NO2 is 2. The molecule has 3 aromatic rings. The van der Waals surface area contributed by atoms with Gasteiger partial charge in [-0.2, -0.15) is 0 Å². The summed E-state index contributed by atoms with van der Waals surface area (Å²) >= 11 is 6.00. The van der Waals surface area contributed by atoms with E-state index in [1.54, 1.807) is 0 Å². The minimum absolute atomic E-state index is 0.877. The van der Waals surface area contributed by atoms with Crippen molar-refractivity contribution in [1.29, 1.82) is 0 Å². The summed E-state index contributed by atoms with van der Waals surface area (Å²) in [6.07, 6.45) is 0. The molecule has 0 spiro atoms. The van der Waals surface area contributed by atoms with Crippen LogP contribution in [0.25, 0.3) is 11.2 Å². The zero-order valence-corrected chi connectivity index (χ0v) is 16.7. The maximum absolute atomic E-state index is 7.25. The fourth-order valence-corrected chi connectivity index (χ4v) is 4.89. The zero-order chi connectivity index (χ0) is 18.9. The van der Waals surface area contributed by atoms with E-state index in [9.17, 15) is 0 Å². The third kappa shape index (κ3) is 7.80. The molecule has 0 aliphatic rings. The third-order valence-electron chi connectivity index (χ3n) is 3.19. The molecular weight excluding hydrogens is 446 g/mol. The van der Waals surface area contributed by atoms with Crippen molar-refractivity contribution >= 4 is 38.0 Å². The molecular formula is C18H16BrCoN2O2P+. The van der Waals surface area contributed by atoms with E-state index in [0.29, 0.717) is 0 Å². The van der Waals surface area contributed by atoms with Gasteiger partial charge >= 0.3 is 28.1 Å². The quantitative estimate of drug-likeness (QED) is 0.531. The molecule has 0 saturated heterocycles. The van der Waals surface area contributed by atoms with E-state index in [0.717, 1.165) is 0 Å². The number of hydrogen-bond donors (Lipinski definition) is 0. The smallest absolute Gasteiger partial charge is 0.102 e. The van der Waals surface area contributed by atoms with Crippen LogP contribution >= 0.6 is 22.1 Å². The Morgan fingerprint density at radius 2 is 0.720 bits per heavy atom. The van der Waals surface area contributed by atoms with Gasteiger partial charge in [0.25, 0.3) is 0 Å². The van der Waals surface area contributed by atoms with Crippen molar-refractivity contribution in [3.8, 4) is 0 Å². The van der Waals surface area contributed by atoms with Crippen LogP contribution in [0.5, 0.6) is 0 Å². The van der Waals surface area contributed by atoms with Crippen molar-refractivity contribution in [2.45, 2.75) is 0 Å². The standard InChI is InChI=1S/C18H15P.BrH.Co.2NO/c1-4-10-16(11-5-1)19(17-12-6-2-7-13-17)18-14-8-3-9-15-18;;;2*1-2/h1-15H;1H;;;/q;;+3;2*-1. The van der Waals surface area contributed by atoms with Crippen LogP contribution in [0.4, 0.5) is 0 Å². The normalized spacial score (nSPS) is 8.60. The average molecular weight is 462 g/mol. The number of benzene rings is 3. The summed E-state index contributed by atoms with van der Waals surface area (Å²) in [6.45, 7) is 0. The Labute approximate surface area is 163 Å². The minimum Gasteiger partial charge on any atom is -0.577 e. The minimum atomic E-state index is -0.877. The van der Waals surface area contributed by atoms with E-state index in [4.69, 9.17) is 21.0 Å². The van der Waals surface area contributed by atoms with Gasteiger partial charge in [-0.05, 0) is 36.4 Å². The average Bonchev–Trinajstić information content (AvgIpc) is 2.75. The molecule has 3 aromatic carbocycles. The summed E-state index contributed by atoms with van der Waals surface area (Å²) in [7, 11) is -0.877. The first-order valence-corrected chi connectivity index (χ1v) is 11.0. The van der Waals surface area contributed by atoms with E-state index >= 15 is 0 Å². The van der Waals surface area contributed by atoms with Crippen LogP contribution in [0.15, 0.2) is 91.0 Å². The van der Waals surface area contributed by atoms with Gasteiger partial charge in [0.05, 0.1) is 7.92 Å². The van der Waals surface area contributed by atoms with Gasteiger partial charge in [-0.1, -0.05) is 54.6 Å². The zero-order valence-electron chi connectivity index (χ0n) is 13.1. The molecule has 0 atom stereocenters. The number of nitrogens with zero attached hydrogens (tertiary/aromatic N) is 2. The van der Waals surface area contributed by atoms with Gasteiger partial charge in [0.1, 0.15) is 15.9 Å². The molecule has 4 nitrogen and oxygen atoms in total. The first-order valence-electron chi connectivity index (χ1n) is 6.97. The second-order valence-electron chi connectivity index (χ2n) is 4.47. The Balaban J connectivity index is 0.000000871. The SMILES string of the molecule is [Co+2][Br].[N-]=O.[N-]=O.c1ccc([PH+](c2ccccc2)c2ccccc2)cc1. The molecule has 25 heavy (non-hydrogen) atoms. The molecule has 0 unspecified atom stereocenters. The number of hydrogen-bond acceptors (Lipinski definition) is 2. The molecule has 0 aliphatic heterocycles. The van der Waals surface area contributed by atoms with E-state index in [-0.39, 0.29) is 0 Å². The summed E-state index contributed by atoms with van der Waals surface area (Å²) in [5.74, 6) is 0. The van der Waals surface area contributed by atoms with Crippen LogP contribution < -0.4 is 15.9 Å². The molecule has 7 heteroatoms. The maximum atomic E-state index is 7.25. The number of rotatable bonds is 3. The Kier molecular flexibility index (Phi) is 14.7. The predicted octanol–water partition coefficient (Wildman–Crippen LogP) is 4.66. The van der Waals surface area contributed by atoms with Gasteiger partial charge in [-0.25, -0.2) is 0 Å². The molecule has 0 amide bonds. The maximum Gasteiger partial charge on any atom is 0.102 e. The van der Waals surface area contributed by atoms with Crippen molar-refractivity contribution in [2.24, 2.45) is 0 Å².